The van der Waals surface area contributed by atoms with Gasteiger partial charge in [-0.15, -0.1) is 0 Å². The van der Waals surface area contributed by atoms with Crippen LogP contribution in [-0.4, -0.2) is 11.4 Å². The van der Waals surface area contributed by atoms with Crippen LogP contribution in [0.25, 0.3) is 0 Å². The third kappa shape index (κ3) is 2.25. The Bertz CT molecular complexity index is 346. The maximum atomic E-state index is 12.3. The molecule has 0 aliphatic rings. The van der Waals surface area contributed by atoms with E-state index in [2.05, 4.69) is 4.98 Å². The summed E-state index contributed by atoms with van der Waals surface area (Å²) < 4.78 is 24.6. The molecular weight excluding hydrogens is 256 g/mol. The lowest BCUT2D eigenvalue weighted by atomic mass is 10.1. The smallest absolute Gasteiger partial charge is 0.257 e. The highest BCUT2D eigenvalue weighted by Crippen LogP contribution is 2.35. The molecule has 0 aliphatic heterocycles. The molecular formula is C7H5Cl3F2N2. The molecule has 0 fully saturated rings. The van der Waals surface area contributed by atoms with E-state index >= 15 is 0 Å². The minimum atomic E-state index is -2.76. The number of pyridine rings is 1. The number of nitrogens with zero attached hydrogens (tertiary/aromatic N) is 1. The fraction of sp³-hybridized carbons (Fsp3) is 0.286. The van der Waals surface area contributed by atoms with Gasteiger partial charge in [0, 0.05) is 11.8 Å². The lowest BCUT2D eigenvalue weighted by Crippen LogP contribution is -2.20. The summed E-state index contributed by atoms with van der Waals surface area (Å²) in [6.45, 7) is 0. The number of rotatable bonds is 2. The van der Waals surface area contributed by atoms with E-state index in [1.54, 1.807) is 0 Å². The Kier molecular flexibility index (Phi) is 3.89. The standard InChI is InChI=1S/C7H5Cl3F2N2/c8-2-1-14-6(10)4(9)3(2)5(13)7(11)12/h1,5,7H,13H2/t5-/m1/s1. The van der Waals surface area contributed by atoms with Crippen LogP contribution in [-0.2, 0) is 0 Å². The van der Waals surface area contributed by atoms with Gasteiger partial charge in [-0.25, -0.2) is 13.8 Å². The molecule has 0 spiro atoms. The van der Waals surface area contributed by atoms with Crippen molar-refractivity contribution in [2.45, 2.75) is 12.5 Å². The third-order valence-electron chi connectivity index (χ3n) is 1.57. The summed E-state index contributed by atoms with van der Waals surface area (Å²) in [5.74, 6) is 0. The van der Waals surface area contributed by atoms with E-state index in [0.29, 0.717) is 0 Å². The average Bonchev–Trinajstić information content (AvgIpc) is 2.12. The zero-order valence-electron chi connectivity index (χ0n) is 6.65. The van der Waals surface area contributed by atoms with Crippen LogP contribution in [0.5, 0.6) is 0 Å². The largest absolute Gasteiger partial charge is 0.319 e. The molecule has 0 aromatic carbocycles. The first-order chi connectivity index (χ1) is 6.45. The molecule has 0 unspecified atom stereocenters. The Morgan fingerprint density at radius 1 is 1.29 bits per heavy atom. The Morgan fingerprint density at radius 2 is 1.86 bits per heavy atom. The molecule has 2 nitrogen and oxygen atoms in total. The summed E-state index contributed by atoms with van der Waals surface area (Å²) in [4.78, 5) is 3.58. The van der Waals surface area contributed by atoms with E-state index in [-0.39, 0.29) is 20.8 Å². The predicted octanol–water partition coefficient (Wildman–Crippen LogP) is 3.31. The molecule has 2 N–H and O–H groups in total. The van der Waals surface area contributed by atoms with Crippen LogP contribution < -0.4 is 5.73 Å². The normalized spacial score (nSPS) is 13.4. The van der Waals surface area contributed by atoms with Gasteiger partial charge < -0.3 is 5.73 Å². The highest BCUT2D eigenvalue weighted by Gasteiger charge is 2.24. The van der Waals surface area contributed by atoms with Gasteiger partial charge in [0.1, 0.15) is 5.15 Å². The summed E-state index contributed by atoms with van der Waals surface area (Å²) in [5.41, 5.74) is 5.12. The maximum absolute atomic E-state index is 12.3. The molecule has 1 aromatic heterocycles. The SMILES string of the molecule is N[C@H](c1c(Cl)cnc(Cl)c1Cl)C(F)F. The fourth-order valence-corrected chi connectivity index (χ4v) is 1.63. The number of halogens is 5. The summed E-state index contributed by atoms with van der Waals surface area (Å²) in [7, 11) is 0. The number of hydrogen-bond donors (Lipinski definition) is 1. The molecule has 0 saturated heterocycles. The number of aromatic nitrogens is 1. The Balaban J connectivity index is 3.25. The highest BCUT2D eigenvalue weighted by atomic mass is 35.5. The molecule has 78 valence electrons. The Morgan fingerprint density at radius 3 is 2.36 bits per heavy atom. The predicted molar refractivity (Wildman–Crippen MR) is 52.2 cm³/mol. The van der Waals surface area contributed by atoms with Gasteiger partial charge in [-0.05, 0) is 0 Å². The van der Waals surface area contributed by atoms with Crippen LogP contribution in [0.15, 0.2) is 6.20 Å². The van der Waals surface area contributed by atoms with Crippen molar-refractivity contribution in [3.63, 3.8) is 0 Å². The van der Waals surface area contributed by atoms with Crippen LogP contribution in [0.1, 0.15) is 11.6 Å². The monoisotopic (exact) mass is 260 g/mol. The second-order valence-electron chi connectivity index (χ2n) is 2.48. The minimum absolute atomic E-state index is 0.0211. The summed E-state index contributed by atoms with van der Waals surface area (Å²) in [5, 5.41) is -0.249. The van der Waals surface area contributed by atoms with Crippen molar-refractivity contribution < 1.29 is 8.78 Å². The topological polar surface area (TPSA) is 38.9 Å². The molecule has 0 aliphatic carbocycles. The molecule has 1 aromatic rings. The molecule has 0 radical (unpaired) electrons. The van der Waals surface area contributed by atoms with Crippen LogP contribution in [0.3, 0.4) is 0 Å². The summed E-state index contributed by atoms with van der Waals surface area (Å²) in [6.07, 6.45) is -1.63. The Hall–Kier alpha value is -0.160. The van der Waals surface area contributed by atoms with Gasteiger partial charge >= 0.3 is 0 Å². The molecule has 1 rings (SSSR count). The van der Waals surface area contributed by atoms with Crippen LogP contribution in [0, 0.1) is 0 Å². The van der Waals surface area contributed by atoms with Gasteiger partial charge in [0.05, 0.1) is 16.1 Å². The molecule has 1 atom stereocenters. The van der Waals surface area contributed by atoms with E-state index < -0.39 is 12.5 Å². The lowest BCUT2D eigenvalue weighted by molar-refractivity contribution is 0.116. The van der Waals surface area contributed by atoms with Gasteiger partial charge in [0.15, 0.2) is 0 Å². The van der Waals surface area contributed by atoms with E-state index in [4.69, 9.17) is 40.5 Å². The van der Waals surface area contributed by atoms with E-state index in [9.17, 15) is 8.78 Å². The van der Waals surface area contributed by atoms with Crippen molar-refractivity contribution >= 4 is 34.8 Å². The van der Waals surface area contributed by atoms with Crippen molar-refractivity contribution in [2.75, 3.05) is 0 Å². The van der Waals surface area contributed by atoms with E-state index in [0.717, 1.165) is 6.20 Å². The van der Waals surface area contributed by atoms with E-state index in [1.165, 1.54) is 0 Å². The second-order valence-corrected chi connectivity index (χ2v) is 3.63. The van der Waals surface area contributed by atoms with Crippen molar-refractivity contribution in [3.05, 3.63) is 27.0 Å². The van der Waals surface area contributed by atoms with Gasteiger partial charge in [-0.1, -0.05) is 34.8 Å². The van der Waals surface area contributed by atoms with Crippen molar-refractivity contribution in [3.8, 4) is 0 Å². The molecule has 7 heteroatoms. The quantitative estimate of drug-likeness (QED) is 0.830. The van der Waals surface area contributed by atoms with E-state index in [1.807, 2.05) is 0 Å². The van der Waals surface area contributed by atoms with Crippen LogP contribution >= 0.6 is 34.8 Å². The minimum Gasteiger partial charge on any atom is -0.319 e. The first-order valence-electron chi connectivity index (χ1n) is 3.48. The number of hydrogen-bond acceptors (Lipinski definition) is 2. The highest BCUT2D eigenvalue weighted by molar-refractivity contribution is 6.43. The first kappa shape index (κ1) is 11.9. The van der Waals surface area contributed by atoms with Crippen molar-refractivity contribution in [1.29, 1.82) is 0 Å². The fourth-order valence-electron chi connectivity index (χ4n) is 0.887. The molecule has 0 bridgehead atoms. The van der Waals surface area contributed by atoms with Gasteiger partial charge in [-0.2, -0.15) is 0 Å². The second kappa shape index (κ2) is 4.57. The zero-order valence-corrected chi connectivity index (χ0v) is 8.91. The van der Waals surface area contributed by atoms with Crippen molar-refractivity contribution in [2.24, 2.45) is 5.73 Å². The van der Waals surface area contributed by atoms with Gasteiger partial charge in [-0.3, -0.25) is 0 Å². The number of nitrogens with two attached hydrogens (primary N) is 1. The number of alkyl halides is 2. The van der Waals surface area contributed by atoms with Crippen LogP contribution in [0.2, 0.25) is 15.2 Å². The van der Waals surface area contributed by atoms with Crippen LogP contribution in [0.4, 0.5) is 8.78 Å². The van der Waals surface area contributed by atoms with Gasteiger partial charge in [0.2, 0.25) is 0 Å². The maximum Gasteiger partial charge on any atom is 0.257 e. The molecule has 1 heterocycles. The summed E-state index contributed by atoms with van der Waals surface area (Å²) in [6, 6.07) is -1.56. The summed E-state index contributed by atoms with van der Waals surface area (Å²) >= 11 is 16.8. The molecule has 0 saturated carbocycles. The zero-order chi connectivity index (χ0) is 10.9. The first-order valence-corrected chi connectivity index (χ1v) is 4.61. The van der Waals surface area contributed by atoms with Gasteiger partial charge in [0.25, 0.3) is 6.43 Å². The van der Waals surface area contributed by atoms with Crippen molar-refractivity contribution in [1.82, 2.24) is 4.98 Å². The third-order valence-corrected chi connectivity index (χ3v) is 2.64. The lowest BCUT2D eigenvalue weighted by Gasteiger charge is -2.14. The Labute approximate surface area is 94.0 Å². The molecule has 14 heavy (non-hydrogen) atoms. The molecule has 0 amide bonds. The average molecular weight is 261 g/mol.